The van der Waals surface area contributed by atoms with Crippen LogP contribution in [0.5, 0.6) is 11.5 Å². The number of carbonyl (C=O) groups excluding carboxylic acids is 2. The predicted octanol–water partition coefficient (Wildman–Crippen LogP) is 5.56. The third-order valence-electron chi connectivity index (χ3n) is 4.55. The molecule has 1 amide bonds. The van der Waals surface area contributed by atoms with Crippen LogP contribution in [0.3, 0.4) is 0 Å². The van der Waals surface area contributed by atoms with E-state index in [0.29, 0.717) is 31.3 Å². The van der Waals surface area contributed by atoms with Crippen LogP contribution in [0.25, 0.3) is 6.08 Å². The third-order valence-corrected chi connectivity index (χ3v) is 6.26. The maximum absolute atomic E-state index is 12.8. The summed E-state index contributed by atoms with van der Waals surface area (Å²) in [5, 5.41) is 0.296. The lowest BCUT2D eigenvalue weighted by Crippen LogP contribution is -2.27. The summed E-state index contributed by atoms with van der Waals surface area (Å²) in [6, 6.07) is 15.2. The highest BCUT2D eigenvalue weighted by molar-refractivity contribution is 8.26. The van der Waals surface area contributed by atoms with Crippen LogP contribution in [0.15, 0.2) is 70.2 Å². The van der Waals surface area contributed by atoms with Crippen molar-refractivity contribution in [2.24, 2.45) is 0 Å². The van der Waals surface area contributed by atoms with Crippen LogP contribution in [0, 0.1) is 0 Å². The van der Waals surface area contributed by atoms with E-state index in [0.717, 1.165) is 0 Å². The van der Waals surface area contributed by atoms with Gasteiger partial charge in [0.15, 0.2) is 11.5 Å². The molecule has 0 N–H and O–H groups in total. The smallest absolute Gasteiger partial charge is 0.345 e. The molecular formula is C23H16ClNO5S2. The summed E-state index contributed by atoms with van der Waals surface area (Å²) in [6.07, 6.45) is 3.26. The first-order chi connectivity index (χ1) is 15.5. The topological polar surface area (TPSA) is 69.0 Å². The molecule has 4 rings (SSSR count). The van der Waals surface area contributed by atoms with Crippen molar-refractivity contribution >= 4 is 57.9 Å². The molecule has 0 aliphatic carbocycles. The molecule has 3 aromatic rings. The molecule has 0 radical (unpaired) electrons. The maximum Gasteiger partial charge on any atom is 0.345 e. The Balaban J connectivity index is 1.53. The van der Waals surface area contributed by atoms with E-state index in [-0.39, 0.29) is 23.8 Å². The number of hydrogen-bond acceptors (Lipinski definition) is 7. The van der Waals surface area contributed by atoms with Crippen molar-refractivity contribution < 1.29 is 23.5 Å². The van der Waals surface area contributed by atoms with Gasteiger partial charge in [-0.1, -0.05) is 53.8 Å². The molecule has 9 heteroatoms. The van der Waals surface area contributed by atoms with Crippen LogP contribution in [-0.4, -0.2) is 28.2 Å². The second-order valence-electron chi connectivity index (χ2n) is 6.63. The first-order valence-corrected chi connectivity index (χ1v) is 11.0. The van der Waals surface area contributed by atoms with Crippen LogP contribution >= 0.6 is 35.6 Å². The highest BCUT2D eigenvalue weighted by Gasteiger charge is 2.32. The minimum absolute atomic E-state index is 0.204. The molecule has 0 bridgehead atoms. The molecule has 0 spiro atoms. The number of halogens is 1. The van der Waals surface area contributed by atoms with E-state index in [1.807, 2.05) is 0 Å². The van der Waals surface area contributed by atoms with Gasteiger partial charge in [0, 0.05) is 0 Å². The summed E-state index contributed by atoms with van der Waals surface area (Å²) < 4.78 is 16.6. The third kappa shape index (κ3) is 4.72. The van der Waals surface area contributed by atoms with Gasteiger partial charge in [0.05, 0.1) is 35.4 Å². The summed E-state index contributed by atoms with van der Waals surface area (Å²) >= 11 is 12.6. The largest absolute Gasteiger partial charge is 0.493 e. The van der Waals surface area contributed by atoms with Crippen molar-refractivity contribution in [1.82, 2.24) is 4.90 Å². The van der Waals surface area contributed by atoms with E-state index in [1.54, 1.807) is 66.9 Å². The summed E-state index contributed by atoms with van der Waals surface area (Å²) in [6.45, 7) is 0.273. The van der Waals surface area contributed by atoms with Crippen LogP contribution in [0.2, 0.25) is 5.02 Å². The summed E-state index contributed by atoms with van der Waals surface area (Å²) in [7, 11) is 1.47. The molecular weight excluding hydrogens is 470 g/mol. The molecule has 1 aromatic heterocycles. The monoisotopic (exact) mass is 485 g/mol. The van der Waals surface area contributed by atoms with Gasteiger partial charge in [0.2, 0.25) is 0 Å². The predicted molar refractivity (Wildman–Crippen MR) is 127 cm³/mol. The fourth-order valence-electron chi connectivity index (χ4n) is 2.99. The van der Waals surface area contributed by atoms with Gasteiger partial charge in [-0.05, 0) is 48.0 Å². The normalized spacial score (nSPS) is 14.8. The van der Waals surface area contributed by atoms with Gasteiger partial charge in [-0.25, -0.2) is 4.79 Å². The van der Waals surface area contributed by atoms with Crippen molar-refractivity contribution in [2.45, 2.75) is 6.54 Å². The number of ether oxygens (including phenoxy) is 2. The molecule has 0 saturated carbocycles. The minimum Gasteiger partial charge on any atom is -0.493 e. The number of furan rings is 1. The average Bonchev–Trinajstić information content (AvgIpc) is 3.39. The zero-order valence-corrected chi connectivity index (χ0v) is 19.1. The van der Waals surface area contributed by atoms with Gasteiger partial charge in [-0.15, -0.1) is 0 Å². The molecule has 2 aromatic carbocycles. The fraction of sp³-hybridized carbons (Fsp3) is 0.0870. The highest BCUT2D eigenvalue weighted by atomic mass is 35.5. The first kappa shape index (κ1) is 22.1. The second-order valence-corrected chi connectivity index (χ2v) is 8.71. The molecule has 162 valence electrons. The molecule has 1 fully saturated rings. The van der Waals surface area contributed by atoms with E-state index < -0.39 is 5.97 Å². The van der Waals surface area contributed by atoms with Gasteiger partial charge in [-0.2, -0.15) is 0 Å². The quantitative estimate of drug-likeness (QED) is 0.196. The molecule has 32 heavy (non-hydrogen) atoms. The SMILES string of the molecule is COc1cc(C=C2SC(=S)N(Cc3ccco3)C2=O)ccc1OC(=O)c1ccccc1Cl. The van der Waals surface area contributed by atoms with E-state index >= 15 is 0 Å². The van der Waals surface area contributed by atoms with Gasteiger partial charge >= 0.3 is 5.97 Å². The number of nitrogens with zero attached hydrogens (tertiary/aromatic N) is 1. The summed E-state index contributed by atoms with van der Waals surface area (Å²) in [4.78, 5) is 27.2. The minimum atomic E-state index is -0.597. The lowest BCUT2D eigenvalue weighted by atomic mass is 10.1. The van der Waals surface area contributed by atoms with Crippen molar-refractivity contribution in [3.63, 3.8) is 0 Å². The Bertz CT molecular complexity index is 1220. The zero-order chi connectivity index (χ0) is 22.7. The first-order valence-electron chi connectivity index (χ1n) is 9.39. The number of thioether (sulfide) groups is 1. The van der Waals surface area contributed by atoms with Crippen molar-refractivity contribution in [3.8, 4) is 11.5 Å². The van der Waals surface area contributed by atoms with E-state index in [9.17, 15) is 9.59 Å². The Hall–Kier alpha value is -3.07. The standard InChI is InChI=1S/C23H16ClNO5S2/c1-28-19-11-14(8-9-18(19)30-22(27)16-6-2-3-7-17(16)24)12-20-21(26)25(23(31)32-20)13-15-5-4-10-29-15/h2-12H,13H2,1H3. The summed E-state index contributed by atoms with van der Waals surface area (Å²) in [5.41, 5.74) is 0.943. The molecule has 0 atom stereocenters. The van der Waals surface area contributed by atoms with Gasteiger partial charge in [-0.3, -0.25) is 9.69 Å². The van der Waals surface area contributed by atoms with E-state index in [1.165, 1.54) is 23.8 Å². The number of methoxy groups -OCH3 is 1. The fourth-order valence-corrected chi connectivity index (χ4v) is 4.45. The van der Waals surface area contributed by atoms with Crippen molar-refractivity contribution in [3.05, 3.63) is 87.7 Å². The Labute approximate surface area is 198 Å². The Morgan fingerprint density at radius 3 is 2.72 bits per heavy atom. The lowest BCUT2D eigenvalue weighted by molar-refractivity contribution is -0.122. The number of hydrogen-bond donors (Lipinski definition) is 0. The number of carbonyl (C=O) groups is 2. The van der Waals surface area contributed by atoms with Crippen molar-refractivity contribution in [2.75, 3.05) is 7.11 Å². The number of benzene rings is 2. The van der Waals surface area contributed by atoms with E-state index in [2.05, 4.69) is 0 Å². The Kier molecular flexibility index (Phi) is 6.64. The highest BCUT2D eigenvalue weighted by Crippen LogP contribution is 2.36. The van der Waals surface area contributed by atoms with Gasteiger partial charge < -0.3 is 13.9 Å². The average molecular weight is 486 g/mol. The maximum atomic E-state index is 12.8. The van der Waals surface area contributed by atoms with Crippen LogP contribution in [0.4, 0.5) is 0 Å². The summed E-state index contributed by atoms with van der Waals surface area (Å²) in [5.74, 6) is 0.420. The number of esters is 1. The lowest BCUT2D eigenvalue weighted by Gasteiger charge is -2.12. The van der Waals surface area contributed by atoms with Crippen LogP contribution < -0.4 is 9.47 Å². The Morgan fingerprint density at radius 2 is 2.00 bits per heavy atom. The van der Waals surface area contributed by atoms with Gasteiger partial charge in [0.1, 0.15) is 10.1 Å². The number of rotatable bonds is 6. The van der Waals surface area contributed by atoms with E-state index in [4.69, 9.17) is 37.7 Å². The molecule has 1 aliphatic heterocycles. The molecule has 6 nitrogen and oxygen atoms in total. The molecule has 1 saturated heterocycles. The second kappa shape index (κ2) is 9.60. The molecule has 0 unspecified atom stereocenters. The number of amides is 1. The van der Waals surface area contributed by atoms with Gasteiger partial charge in [0.25, 0.3) is 5.91 Å². The number of thiocarbonyl (C=S) groups is 1. The van der Waals surface area contributed by atoms with Crippen molar-refractivity contribution in [1.29, 1.82) is 0 Å². The zero-order valence-electron chi connectivity index (χ0n) is 16.7. The van der Waals surface area contributed by atoms with Crippen LogP contribution in [0.1, 0.15) is 21.7 Å². The molecule has 1 aliphatic rings. The molecule has 2 heterocycles. The Morgan fingerprint density at radius 1 is 1.19 bits per heavy atom. The van der Waals surface area contributed by atoms with Crippen LogP contribution in [-0.2, 0) is 11.3 Å².